The number of likely N-dealkylation sites (tertiary alicyclic amines) is 1. The van der Waals surface area contributed by atoms with Crippen molar-refractivity contribution in [3.8, 4) is 0 Å². The number of H-pyrrole nitrogens is 1. The predicted octanol–water partition coefficient (Wildman–Crippen LogP) is 5.01. The Morgan fingerprint density at radius 2 is 2.00 bits per heavy atom. The second-order valence-electron chi connectivity index (χ2n) is 7.75. The molecule has 3 aromatic rings. The van der Waals surface area contributed by atoms with E-state index in [4.69, 9.17) is 0 Å². The van der Waals surface area contributed by atoms with E-state index in [0.29, 0.717) is 6.54 Å². The highest BCUT2D eigenvalue weighted by Crippen LogP contribution is 2.30. The number of fused-ring (bicyclic) bond motifs is 1. The van der Waals surface area contributed by atoms with Gasteiger partial charge in [0.05, 0.1) is 6.04 Å². The van der Waals surface area contributed by atoms with Gasteiger partial charge >= 0.3 is 6.03 Å². The van der Waals surface area contributed by atoms with Crippen molar-refractivity contribution in [2.75, 3.05) is 6.54 Å². The minimum Gasteiger partial charge on any atom is -0.358 e. The molecule has 5 heteroatoms. The maximum Gasteiger partial charge on any atom is 0.318 e. The molecule has 0 aliphatic carbocycles. The first-order valence-electron chi connectivity index (χ1n) is 10.2. The zero-order chi connectivity index (χ0) is 19.5. The van der Waals surface area contributed by atoms with Crippen LogP contribution in [0.4, 0.5) is 4.79 Å². The zero-order valence-electron chi connectivity index (χ0n) is 16.7. The van der Waals surface area contributed by atoms with Gasteiger partial charge in [0.25, 0.3) is 0 Å². The van der Waals surface area contributed by atoms with E-state index >= 15 is 0 Å². The third-order valence-electron chi connectivity index (χ3n) is 5.92. The quantitative estimate of drug-likeness (QED) is 0.675. The smallest absolute Gasteiger partial charge is 0.318 e. The average molecular weight is 377 g/mol. The standard InChI is InChI=1S/C23H28N4O/c1-16-17(2)26-21-8-7-18(14-20(16)21)15-25-23(28)27-13-5-3-4-6-22(27)19-9-11-24-12-10-19/h7-12,14,22,26H,3-6,13,15H2,1-2H3,(H,25,28). The molecule has 146 valence electrons. The SMILES string of the molecule is Cc1[nH]c2ccc(CNC(=O)N3CCCCCC3c3ccncc3)cc2c1C. The van der Waals surface area contributed by atoms with Crippen molar-refractivity contribution in [2.24, 2.45) is 0 Å². The number of hydrogen-bond acceptors (Lipinski definition) is 2. The normalized spacial score (nSPS) is 17.5. The second kappa shape index (κ2) is 8.05. The molecular weight excluding hydrogens is 348 g/mol. The average Bonchev–Trinajstić information content (AvgIpc) is 2.90. The van der Waals surface area contributed by atoms with Gasteiger partial charge < -0.3 is 15.2 Å². The molecule has 0 bridgehead atoms. The summed E-state index contributed by atoms with van der Waals surface area (Å²) < 4.78 is 0. The van der Waals surface area contributed by atoms with Crippen LogP contribution >= 0.6 is 0 Å². The number of urea groups is 1. The largest absolute Gasteiger partial charge is 0.358 e. The van der Waals surface area contributed by atoms with Crippen molar-refractivity contribution >= 4 is 16.9 Å². The molecule has 1 fully saturated rings. The summed E-state index contributed by atoms with van der Waals surface area (Å²) in [6.07, 6.45) is 8.02. The number of carbonyl (C=O) groups is 1. The Morgan fingerprint density at radius 1 is 1.18 bits per heavy atom. The fourth-order valence-corrected chi connectivity index (χ4v) is 4.18. The number of nitrogens with one attached hydrogen (secondary N) is 2. The molecule has 0 saturated carbocycles. The van der Waals surface area contributed by atoms with Gasteiger partial charge in [-0.25, -0.2) is 4.79 Å². The summed E-state index contributed by atoms with van der Waals surface area (Å²) in [7, 11) is 0. The molecule has 1 aromatic carbocycles. The highest BCUT2D eigenvalue weighted by Gasteiger charge is 2.26. The number of pyridine rings is 1. The molecule has 0 radical (unpaired) electrons. The second-order valence-corrected chi connectivity index (χ2v) is 7.75. The summed E-state index contributed by atoms with van der Waals surface area (Å²) in [6, 6.07) is 10.6. The van der Waals surface area contributed by atoms with Crippen molar-refractivity contribution in [2.45, 2.75) is 52.1 Å². The van der Waals surface area contributed by atoms with Crippen molar-refractivity contribution in [3.63, 3.8) is 0 Å². The Labute approximate surface area is 166 Å². The molecule has 0 spiro atoms. The van der Waals surface area contributed by atoms with Crippen LogP contribution in [-0.2, 0) is 6.54 Å². The fourth-order valence-electron chi connectivity index (χ4n) is 4.18. The van der Waals surface area contributed by atoms with Gasteiger partial charge in [-0.3, -0.25) is 4.98 Å². The Hall–Kier alpha value is -2.82. The lowest BCUT2D eigenvalue weighted by atomic mass is 10.0. The Bertz CT molecular complexity index is 963. The van der Waals surface area contributed by atoms with Gasteiger partial charge in [-0.1, -0.05) is 18.9 Å². The highest BCUT2D eigenvalue weighted by atomic mass is 16.2. The number of rotatable bonds is 3. The van der Waals surface area contributed by atoms with Gasteiger partial charge in [0.15, 0.2) is 0 Å². The number of amides is 2. The number of carbonyl (C=O) groups excluding carboxylic acids is 1. The Balaban J connectivity index is 1.49. The lowest BCUT2D eigenvalue weighted by Gasteiger charge is -2.30. The van der Waals surface area contributed by atoms with Crippen LogP contribution in [-0.4, -0.2) is 27.4 Å². The Kier molecular flexibility index (Phi) is 5.33. The first-order chi connectivity index (χ1) is 13.6. The summed E-state index contributed by atoms with van der Waals surface area (Å²) in [5, 5.41) is 4.38. The third kappa shape index (κ3) is 3.75. The van der Waals surface area contributed by atoms with Crippen LogP contribution in [0.25, 0.3) is 10.9 Å². The predicted molar refractivity (Wildman–Crippen MR) is 112 cm³/mol. The van der Waals surface area contributed by atoms with Gasteiger partial charge in [0.2, 0.25) is 0 Å². The van der Waals surface area contributed by atoms with Gasteiger partial charge in [0, 0.05) is 42.1 Å². The van der Waals surface area contributed by atoms with E-state index in [-0.39, 0.29) is 12.1 Å². The number of benzene rings is 1. The van der Waals surface area contributed by atoms with Crippen LogP contribution in [0.5, 0.6) is 0 Å². The number of aromatic nitrogens is 2. The van der Waals surface area contributed by atoms with Crippen LogP contribution in [0.3, 0.4) is 0 Å². The molecule has 1 aliphatic rings. The molecule has 2 amide bonds. The van der Waals surface area contributed by atoms with E-state index in [9.17, 15) is 4.79 Å². The molecule has 1 unspecified atom stereocenters. The van der Waals surface area contributed by atoms with Crippen LogP contribution in [0.2, 0.25) is 0 Å². The summed E-state index contributed by atoms with van der Waals surface area (Å²) in [5.41, 5.74) is 5.91. The molecule has 3 heterocycles. The van der Waals surface area contributed by atoms with E-state index in [1.165, 1.54) is 28.6 Å². The summed E-state index contributed by atoms with van der Waals surface area (Å²) in [4.78, 5) is 22.6. The number of nitrogens with zero attached hydrogens (tertiary/aromatic N) is 2. The van der Waals surface area contributed by atoms with E-state index in [0.717, 1.165) is 36.9 Å². The molecule has 1 saturated heterocycles. The van der Waals surface area contributed by atoms with Gasteiger partial charge in [-0.2, -0.15) is 0 Å². The topological polar surface area (TPSA) is 61.0 Å². The summed E-state index contributed by atoms with van der Waals surface area (Å²) >= 11 is 0. The minimum absolute atomic E-state index is 0.0192. The molecule has 1 atom stereocenters. The van der Waals surface area contributed by atoms with Gasteiger partial charge in [-0.15, -0.1) is 0 Å². The van der Waals surface area contributed by atoms with E-state index in [1.54, 1.807) is 0 Å². The van der Waals surface area contributed by atoms with E-state index in [2.05, 4.69) is 47.3 Å². The molecule has 5 nitrogen and oxygen atoms in total. The minimum atomic E-state index is 0.0192. The van der Waals surface area contributed by atoms with Crippen molar-refractivity contribution in [1.29, 1.82) is 0 Å². The van der Waals surface area contributed by atoms with E-state index in [1.807, 2.05) is 29.4 Å². The lowest BCUT2D eigenvalue weighted by Crippen LogP contribution is -2.41. The van der Waals surface area contributed by atoms with E-state index < -0.39 is 0 Å². The molecule has 1 aliphatic heterocycles. The molecular formula is C23H28N4O. The zero-order valence-corrected chi connectivity index (χ0v) is 16.7. The number of aromatic amines is 1. The number of hydrogen-bond donors (Lipinski definition) is 2. The van der Waals surface area contributed by atoms with Gasteiger partial charge in [-0.05, 0) is 67.6 Å². The fraction of sp³-hybridized carbons (Fsp3) is 0.391. The monoisotopic (exact) mass is 376 g/mol. The van der Waals surface area contributed by atoms with Crippen molar-refractivity contribution in [3.05, 3.63) is 65.1 Å². The lowest BCUT2D eigenvalue weighted by molar-refractivity contribution is 0.175. The third-order valence-corrected chi connectivity index (χ3v) is 5.92. The van der Waals surface area contributed by atoms with Crippen LogP contribution in [0.15, 0.2) is 42.7 Å². The maximum absolute atomic E-state index is 13.0. The van der Waals surface area contributed by atoms with Crippen LogP contribution in [0.1, 0.15) is 54.1 Å². The highest BCUT2D eigenvalue weighted by molar-refractivity contribution is 5.85. The van der Waals surface area contributed by atoms with Crippen molar-refractivity contribution in [1.82, 2.24) is 20.2 Å². The first kappa shape index (κ1) is 18.5. The summed E-state index contributed by atoms with van der Waals surface area (Å²) in [6.45, 7) is 5.56. The molecule has 2 N–H and O–H groups in total. The number of aryl methyl sites for hydroxylation is 2. The Morgan fingerprint density at radius 3 is 2.82 bits per heavy atom. The molecule has 2 aromatic heterocycles. The molecule has 28 heavy (non-hydrogen) atoms. The van der Waals surface area contributed by atoms with Crippen molar-refractivity contribution < 1.29 is 4.79 Å². The molecule has 4 rings (SSSR count). The van der Waals surface area contributed by atoms with Gasteiger partial charge in [0.1, 0.15) is 0 Å². The van der Waals surface area contributed by atoms with Crippen LogP contribution < -0.4 is 5.32 Å². The first-order valence-corrected chi connectivity index (χ1v) is 10.2. The summed E-state index contributed by atoms with van der Waals surface area (Å²) in [5.74, 6) is 0. The van der Waals surface area contributed by atoms with Crippen LogP contribution in [0, 0.1) is 13.8 Å². The maximum atomic E-state index is 13.0.